The highest BCUT2D eigenvalue weighted by Gasteiger charge is 2.31. The molecule has 2 aromatic heterocycles. The molecule has 2 aromatic carbocycles. The van der Waals surface area contributed by atoms with E-state index in [1.165, 1.54) is 23.9 Å². The standard InChI is InChI=1S/C23H18ClF2N3OS/c1-13-3-2-4-18(24)20(13)21-22-27-10-17(11-28(22)29(23(21)30)16-7-8-16)31-12-14-5-6-15(25)9-19(14)26/h2-6,9-11,16H,7-8,12H2,1H3. The maximum Gasteiger partial charge on any atom is 0.277 e. The van der Waals surface area contributed by atoms with E-state index < -0.39 is 11.6 Å². The Kier molecular flexibility index (Phi) is 5.10. The summed E-state index contributed by atoms with van der Waals surface area (Å²) in [7, 11) is 0. The van der Waals surface area contributed by atoms with E-state index in [-0.39, 0.29) is 11.6 Å². The molecule has 0 amide bonds. The van der Waals surface area contributed by atoms with Crippen LogP contribution in [0.4, 0.5) is 8.78 Å². The quantitative estimate of drug-likeness (QED) is 0.343. The molecule has 2 heterocycles. The number of halogens is 3. The monoisotopic (exact) mass is 457 g/mol. The number of benzene rings is 2. The average molecular weight is 458 g/mol. The van der Waals surface area contributed by atoms with Gasteiger partial charge < -0.3 is 0 Å². The first-order chi connectivity index (χ1) is 14.9. The van der Waals surface area contributed by atoms with Crippen molar-refractivity contribution >= 4 is 29.0 Å². The fourth-order valence-electron chi connectivity index (χ4n) is 3.75. The van der Waals surface area contributed by atoms with Crippen molar-refractivity contribution in [2.24, 2.45) is 0 Å². The number of nitrogens with zero attached hydrogens (tertiary/aromatic N) is 3. The maximum absolute atomic E-state index is 14.0. The second-order valence-corrected chi connectivity index (χ2v) is 9.13. The lowest BCUT2D eigenvalue weighted by Crippen LogP contribution is -2.19. The third-order valence-electron chi connectivity index (χ3n) is 5.43. The smallest absolute Gasteiger partial charge is 0.267 e. The number of hydrogen-bond donors (Lipinski definition) is 0. The second kappa shape index (κ2) is 7.80. The zero-order chi connectivity index (χ0) is 21.7. The summed E-state index contributed by atoms with van der Waals surface area (Å²) in [6.07, 6.45) is 5.40. The van der Waals surface area contributed by atoms with Crippen molar-refractivity contribution in [3.63, 3.8) is 0 Å². The van der Waals surface area contributed by atoms with Gasteiger partial charge in [-0.3, -0.25) is 4.79 Å². The van der Waals surface area contributed by atoms with Crippen LogP contribution < -0.4 is 5.56 Å². The summed E-state index contributed by atoms with van der Waals surface area (Å²) in [6.45, 7) is 1.92. The Hall–Kier alpha value is -2.64. The van der Waals surface area contributed by atoms with Crippen LogP contribution in [0.25, 0.3) is 16.8 Å². The molecule has 8 heteroatoms. The molecule has 0 saturated heterocycles. The Morgan fingerprint density at radius 1 is 1.19 bits per heavy atom. The Morgan fingerprint density at radius 3 is 2.71 bits per heavy atom. The minimum atomic E-state index is -0.600. The molecule has 1 fully saturated rings. The molecule has 0 radical (unpaired) electrons. The predicted octanol–water partition coefficient (Wildman–Crippen LogP) is 6.03. The second-order valence-electron chi connectivity index (χ2n) is 7.67. The SMILES string of the molecule is Cc1cccc(Cl)c1-c1c(=O)n(C2CC2)n2cc(SCc3ccc(F)cc3F)cnc12. The number of fused-ring (bicyclic) bond motifs is 1. The highest BCUT2D eigenvalue weighted by atomic mass is 35.5. The molecule has 0 atom stereocenters. The number of hydrogen-bond acceptors (Lipinski definition) is 3. The van der Waals surface area contributed by atoms with Crippen LogP contribution in [-0.4, -0.2) is 14.2 Å². The van der Waals surface area contributed by atoms with Gasteiger partial charge in [0.25, 0.3) is 5.56 Å². The lowest BCUT2D eigenvalue weighted by molar-refractivity contribution is 0.573. The van der Waals surface area contributed by atoms with Gasteiger partial charge in [0.2, 0.25) is 0 Å². The van der Waals surface area contributed by atoms with E-state index in [1.54, 1.807) is 21.5 Å². The molecule has 4 aromatic rings. The zero-order valence-electron chi connectivity index (χ0n) is 16.6. The van der Waals surface area contributed by atoms with Gasteiger partial charge in [0, 0.05) is 39.7 Å². The number of aromatic nitrogens is 3. The number of rotatable bonds is 5. The van der Waals surface area contributed by atoms with Gasteiger partial charge in [-0.15, -0.1) is 11.8 Å². The van der Waals surface area contributed by atoms with Crippen molar-refractivity contribution < 1.29 is 8.78 Å². The predicted molar refractivity (Wildman–Crippen MR) is 119 cm³/mol. The van der Waals surface area contributed by atoms with Crippen molar-refractivity contribution in [1.82, 2.24) is 14.2 Å². The van der Waals surface area contributed by atoms with E-state index in [0.717, 1.165) is 29.4 Å². The molecule has 0 unspecified atom stereocenters. The van der Waals surface area contributed by atoms with E-state index in [2.05, 4.69) is 4.98 Å². The van der Waals surface area contributed by atoms with Crippen LogP contribution in [0.15, 0.2) is 58.5 Å². The van der Waals surface area contributed by atoms with Crippen molar-refractivity contribution in [3.8, 4) is 11.1 Å². The molecule has 0 aliphatic heterocycles. The van der Waals surface area contributed by atoms with Gasteiger partial charge in [-0.2, -0.15) is 0 Å². The molecule has 0 N–H and O–H groups in total. The third-order valence-corrected chi connectivity index (χ3v) is 6.75. The first kappa shape index (κ1) is 20.3. The molecule has 158 valence electrons. The molecule has 5 rings (SSSR count). The van der Waals surface area contributed by atoms with Gasteiger partial charge in [-0.05, 0) is 43.0 Å². The van der Waals surface area contributed by atoms with Gasteiger partial charge in [0.05, 0.1) is 11.6 Å². The van der Waals surface area contributed by atoms with Crippen LogP contribution in [0.1, 0.15) is 30.0 Å². The van der Waals surface area contributed by atoms with E-state index in [0.29, 0.717) is 33.1 Å². The van der Waals surface area contributed by atoms with Gasteiger partial charge in [0.1, 0.15) is 11.6 Å². The Bertz CT molecular complexity index is 1360. The van der Waals surface area contributed by atoms with Crippen LogP contribution in [0.5, 0.6) is 0 Å². The Labute approximate surface area is 186 Å². The summed E-state index contributed by atoms with van der Waals surface area (Å²) in [6, 6.07) is 9.26. The molecule has 1 aliphatic rings. The molecule has 1 saturated carbocycles. The lowest BCUT2D eigenvalue weighted by Gasteiger charge is -2.08. The minimum Gasteiger partial charge on any atom is -0.267 e. The summed E-state index contributed by atoms with van der Waals surface area (Å²) in [5.74, 6) is -0.851. The van der Waals surface area contributed by atoms with Crippen molar-refractivity contribution in [2.75, 3.05) is 0 Å². The van der Waals surface area contributed by atoms with Crippen LogP contribution in [-0.2, 0) is 5.75 Å². The normalized spacial score (nSPS) is 13.8. The number of aryl methyl sites for hydroxylation is 1. The van der Waals surface area contributed by atoms with Crippen LogP contribution in [0.2, 0.25) is 5.02 Å². The fourth-order valence-corrected chi connectivity index (χ4v) is 4.93. The summed E-state index contributed by atoms with van der Waals surface area (Å²) < 4.78 is 30.7. The van der Waals surface area contributed by atoms with Crippen molar-refractivity contribution in [1.29, 1.82) is 0 Å². The molecular formula is C23H18ClF2N3OS. The third kappa shape index (κ3) is 3.66. The van der Waals surface area contributed by atoms with Crippen LogP contribution >= 0.6 is 23.4 Å². The molecule has 4 nitrogen and oxygen atoms in total. The Balaban J connectivity index is 1.59. The minimum absolute atomic E-state index is 0.113. The fraction of sp³-hybridized carbons (Fsp3) is 0.217. The number of thioether (sulfide) groups is 1. The summed E-state index contributed by atoms with van der Waals surface area (Å²) >= 11 is 7.84. The summed E-state index contributed by atoms with van der Waals surface area (Å²) in [4.78, 5) is 18.8. The average Bonchev–Trinajstić information content (AvgIpc) is 3.52. The first-order valence-corrected chi connectivity index (χ1v) is 11.3. The molecule has 1 aliphatic carbocycles. The van der Waals surface area contributed by atoms with Gasteiger partial charge in [-0.25, -0.2) is 23.0 Å². The van der Waals surface area contributed by atoms with Crippen molar-refractivity contribution in [2.45, 2.75) is 36.5 Å². The van der Waals surface area contributed by atoms with Gasteiger partial charge in [0.15, 0.2) is 5.65 Å². The molecular weight excluding hydrogens is 440 g/mol. The van der Waals surface area contributed by atoms with Gasteiger partial charge in [-0.1, -0.05) is 29.8 Å². The molecule has 0 spiro atoms. The first-order valence-electron chi connectivity index (χ1n) is 9.89. The van der Waals surface area contributed by atoms with E-state index in [4.69, 9.17) is 11.6 Å². The molecule has 31 heavy (non-hydrogen) atoms. The zero-order valence-corrected chi connectivity index (χ0v) is 18.2. The lowest BCUT2D eigenvalue weighted by atomic mass is 10.0. The topological polar surface area (TPSA) is 39.3 Å². The van der Waals surface area contributed by atoms with Crippen LogP contribution in [0, 0.1) is 18.6 Å². The maximum atomic E-state index is 14.0. The van der Waals surface area contributed by atoms with E-state index in [9.17, 15) is 13.6 Å². The highest BCUT2D eigenvalue weighted by Crippen LogP contribution is 2.38. The largest absolute Gasteiger partial charge is 0.277 e. The summed E-state index contributed by atoms with van der Waals surface area (Å²) in [5.41, 5.74) is 2.95. The summed E-state index contributed by atoms with van der Waals surface area (Å²) in [5, 5.41) is 0.514. The van der Waals surface area contributed by atoms with E-state index in [1.807, 2.05) is 25.3 Å². The van der Waals surface area contributed by atoms with Gasteiger partial charge >= 0.3 is 0 Å². The van der Waals surface area contributed by atoms with Crippen LogP contribution in [0.3, 0.4) is 0 Å². The van der Waals surface area contributed by atoms with Crippen molar-refractivity contribution in [3.05, 3.63) is 86.9 Å². The van der Waals surface area contributed by atoms with E-state index >= 15 is 0 Å². The highest BCUT2D eigenvalue weighted by molar-refractivity contribution is 7.98. The molecule has 0 bridgehead atoms. The Morgan fingerprint density at radius 2 is 2.00 bits per heavy atom.